The molecule has 1 aliphatic carbocycles. The molecule has 2 aromatic heterocycles. The average molecular weight is 213 g/mol. The molecule has 3 nitrogen and oxygen atoms in total. The van der Waals surface area contributed by atoms with Crippen molar-refractivity contribution in [2.75, 3.05) is 0 Å². The van der Waals surface area contributed by atoms with E-state index in [4.69, 9.17) is 0 Å². The largest absolute Gasteiger partial charge is 0.308 e. The predicted molar refractivity (Wildman–Crippen MR) is 64.2 cm³/mol. The third kappa shape index (κ3) is 1.74. The lowest BCUT2D eigenvalue weighted by Crippen LogP contribution is -2.26. The Kier molecular flexibility index (Phi) is 2.46. The van der Waals surface area contributed by atoms with Crippen LogP contribution < -0.4 is 5.32 Å². The van der Waals surface area contributed by atoms with Crippen LogP contribution in [0.2, 0.25) is 0 Å². The molecule has 0 atom stereocenters. The van der Waals surface area contributed by atoms with Gasteiger partial charge in [0.15, 0.2) is 0 Å². The highest BCUT2D eigenvalue weighted by molar-refractivity contribution is 5.39. The zero-order valence-electron chi connectivity index (χ0n) is 9.13. The minimum Gasteiger partial charge on any atom is -0.308 e. The van der Waals surface area contributed by atoms with E-state index in [0.29, 0.717) is 6.04 Å². The van der Waals surface area contributed by atoms with Crippen molar-refractivity contribution in [3.8, 4) is 0 Å². The maximum absolute atomic E-state index is 4.28. The summed E-state index contributed by atoms with van der Waals surface area (Å²) in [6.45, 7) is 0.903. The van der Waals surface area contributed by atoms with Crippen molar-refractivity contribution in [3.63, 3.8) is 0 Å². The number of nitrogens with zero attached hydrogens (tertiary/aromatic N) is 2. The zero-order valence-corrected chi connectivity index (χ0v) is 9.13. The third-order valence-electron chi connectivity index (χ3n) is 3.09. The monoisotopic (exact) mass is 213 g/mol. The van der Waals surface area contributed by atoms with Crippen LogP contribution in [-0.4, -0.2) is 15.4 Å². The number of aromatic nitrogens is 2. The van der Waals surface area contributed by atoms with Gasteiger partial charge in [-0.15, -0.1) is 0 Å². The van der Waals surface area contributed by atoms with Gasteiger partial charge in [0.1, 0.15) is 5.65 Å². The second kappa shape index (κ2) is 4.10. The van der Waals surface area contributed by atoms with Crippen LogP contribution in [0.15, 0.2) is 42.7 Å². The Morgan fingerprint density at radius 2 is 2.19 bits per heavy atom. The molecule has 0 aliphatic heterocycles. The molecule has 0 radical (unpaired) electrons. The Hall–Kier alpha value is -1.61. The predicted octanol–water partition coefficient (Wildman–Crippen LogP) is 2.14. The summed E-state index contributed by atoms with van der Waals surface area (Å²) in [5.41, 5.74) is 2.28. The quantitative estimate of drug-likeness (QED) is 0.791. The fourth-order valence-corrected chi connectivity index (χ4v) is 2.18. The first-order valence-corrected chi connectivity index (χ1v) is 5.73. The Labute approximate surface area is 94.8 Å². The second-order valence-electron chi connectivity index (χ2n) is 4.19. The van der Waals surface area contributed by atoms with Gasteiger partial charge in [-0.25, -0.2) is 4.98 Å². The maximum atomic E-state index is 4.28. The van der Waals surface area contributed by atoms with Crippen LogP contribution in [0.25, 0.3) is 5.65 Å². The SMILES string of the molecule is C1=CCC(NCc2cccc3nccn23)C1. The van der Waals surface area contributed by atoms with Gasteiger partial charge in [-0.3, -0.25) is 0 Å². The minimum absolute atomic E-state index is 0.610. The molecule has 3 heteroatoms. The molecule has 1 N–H and O–H groups in total. The summed E-state index contributed by atoms with van der Waals surface area (Å²) in [6.07, 6.45) is 10.7. The number of nitrogens with one attached hydrogen (secondary N) is 1. The zero-order chi connectivity index (χ0) is 10.8. The molecule has 1 aliphatic rings. The molecule has 0 spiro atoms. The number of rotatable bonds is 3. The molecule has 0 unspecified atom stereocenters. The summed E-state index contributed by atoms with van der Waals surface area (Å²) in [5, 5.41) is 3.57. The van der Waals surface area contributed by atoms with Gasteiger partial charge in [0, 0.05) is 30.7 Å². The summed E-state index contributed by atoms with van der Waals surface area (Å²) in [6, 6.07) is 6.84. The highest BCUT2D eigenvalue weighted by atomic mass is 15.0. The molecular formula is C13H15N3. The van der Waals surface area contributed by atoms with Crippen LogP contribution in [0, 0.1) is 0 Å². The summed E-state index contributed by atoms with van der Waals surface area (Å²) in [4.78, 5) is 4.28. The molecule has 0 fully saturated rings. The molecule has 0 saturated carbocycles. The van der Waals surface area contributed by atoms with E-state index in [-0.39, 0.29) is 0 Å². The topological polar surface area (TPSA) is 29.3 Å². The first-order chi connectivity index (χ1) is 7.93. The van der Waals surface area contributed by atoms with E-state index in [1.165, 1.54) is 5.69 Å². The highest BCUT2D eigenvalue weighted by Gasteiger charge is 2.09. The molecule has 0 amide bonds. The summed E-state index contributed by atoms with van der Waals surface area (Å²) in [5.74, 6) is 0. The van der Waals surface area contributed by atoms with Crippen molar-refractivity contribution < 1.29 is 0 Å². The molecule has 82 valence electrons. The summed E-state index contributed by atoms with van der Waals surface area (Å²) >= 11 is 0. The first kappa shape index (κ1) is 9.60. The standard InChI is InChI=1S/C13H15N3/c1-2-5-11(4-1)15-10-12-6-3-7-13-14-8-9-16(12)13/h1-3,6-9,11,15H,4-5,10H2. The van der Waals surface area contributed by atoms with E-state index in [1.54, 1.807) is 0 Å². The van der Waals surface area contributed by atoms with Crippen LogP contribution in [0.1, 0.15) is 18.5 Å². The Morgan fingerprint density at radius 3 is 3.06 bits per heavy atom. The van der Waals surface area contributed by atoms with Gasteiger partial charge >= 0.3 is 0 Å². The lowest BCUT2D eigenvalue weighted by molar-refractivity contribution is 0.531. The van der Waals surface area contributed by atoms with Crippen LogP contribution in [0.5, 0.6) is 0 Å². The molecule has 0 bridgehead atoms. The van der Waals surface area contributed by atoms with Crippen LogP contribution in [0.4, 0.5) is 0 Å². The van der Waals surface area contributed by atoms with Gasteiger partial charge in [-0.1, -0.05) is 18.2 Å². The third-order valence-corrected chi connectivity index (χ3v) is 3.09. The van der Waals surface area contributed by atoms with Gasteiger partial charge in [0.05, 0.1) is 0 Å². The Balaban J connectivity index is 1.75. The van der Waals surface area contributed by atoms with E-state index in [9.17, 15) is 0 Å². The van der Waals surface area contributed by atoms with Crippen molar-refractivity contribution in [1.82, 2.24) is 14.7 Å². The van der Waals surface area contributed by atoms with Gasteiger partial charge in [0.25, 0.3) is 0 Å². The van der Waals surface area contributed by atoms with Gasteiger partial charge in [-0.2, -0.15) is 0 Å². The normalized spacial score (nSPS) is 16.2. The highest BCUT2D eigenvalue weighted by Crippen LogP contribution is 2.11. The van der Waals surface area contributed by atoms with Crippen molar-refractivity contribution in [2.24, 2.45) is 0 Å². The maximum Gasteiger partial charge on any atom is 0.136 e. The number of imidazole rings is 1. The molecule has 2 aromatic rings. The first-order valence-electron chi connectivity index (χ1n) is 5.73. The van der Waals surface area contributed by atoms with Crippen LogP contribution >= 0.6 is 0 Å². The van der Waals surface area contributed by atoms with Crippen molar-refractivity contribution in [3.05, 3.63) is 48.4 Å². The van der Waals surface area contributed by atoms with Gasteiger partial charge in [-0.05, 0) is 25.0 Å². The van der Waals surface area contributed by atoms with Crippen LogP contribution in [-0.2, 0) is 6.54 Å². The number of hydrogen-bond acceptors (Lipinski definition) is 2. The summed E-state index contributed by atoms with van der Waals surface area (Å²) in [7, 11) is 0. The minimum atomic E-state index is 0.610. The molecule has 2 heterocycles. The lowest BCUT2D eigenvalue weighted by Gasteiger charge is -2.12. The lowest BCUT2D eigenvalue weighted by atomic mass is 10.2. The van der Waals surface area contributed by atoms with Crippen molar-refractivity contribution in [1.29, 1.82) is 0 Å². The van der Waals surface area contributed by atoms with Gasteiger partial charge < -0.3 is 9.72 Å². The Morgan fingerprint density at radius 1 is 1.31 bits per heavy atom. The van der Waals surface area contributed by atoms with Crippen molar-refractivity contribution >= 4 is 5.65 Å². The van der Waals surface area contributed by atoms with Gasteiger partial charge in [0.2, 0.25) is 0 Å². The van der Waals surface area contributed by atoms with E-state index >= 15 is 0 Å². The Bertz CT molecular complexity index is 505. The number of hydrogen-bond donors (Lipinski definition) is 1. The summed E-state index contributed by atoms with van der Waals surface area (Å²) < 4.78 is 2.13. The van der Waals surface area contributed by atoms with E-state index < -0.39 is 0 Å². The molecule has 0 aromatic carbocycles. The molecule has 0 saturated heterocycles. The molecule has 3 rings (SSSR count). The number of pyridine rings is 1. The van der Waals surface area contributed by atoms with E-state index in [1.807, 2.05) is 18.5 Å². The van der Waals surface area contributed by atoms with Crippen molar-refractivity contribution in [2.45, 2.75) is 25.4 Å². The van der Waals surface area contributed by atoms with E-state index in [0.717, 1.165) is 25.0 Å². The average Bonchev–Trinajstić information content (AvgIpc) is 2.97. The van der Waals surface area contributed by atoms with Crippen LogP contribution in [0.3, 0.4) is 0 Å². The molecule has 16 heavy (non-hydrogen) atoms. The number of fused-ring (bicyclic) bond motifs is 1. The fraction of sp³-hybridized carbons (Fsp3) is 0.308. The smallest absolute Gasteiger partial charge is 0.136 e. The van der Waals surface area contributed by atoms with E-state index in [2.05, 4.69) is 39.0 Å². The second-order valence-corrected chi connectivity index (χ2v) is 4.19. The molecular weight excluding hydrogens is 198 g/mol. The fourth-order valence-electron chi connectivity index (χ4n) is 2.18.